The highest BCUT2D eigenvalue weighted by Gasteiger charge is 2.23. The van der Waals surface area contributed by atoms with Crippen molar-refractivity contribution in [1.82, 2.24) is 10.2 Å². The Morgan fingerprint density at radius 3 is 2.73 bits per heavy atom. The summed E-state index contributed by atoms with van der Waals surface area (Å²) < 4.78 is 5.27. The third-order valence-corrected chi connectivity index (χ3v) is 3.81. The number of furan rings is 1. The van der Waals surface area contributed by atoms with Gasteiger partial charge in [-0.25, -0.2) is 0 Å². The van der Waals surface area contributed by atoms with Gasteiger partial charge < -0.3 is 9.73 Å². The zero-order valence-electron chi connectivity index (χ0n) is 11.9. The number of rotatable bonds is 4. The topological polar surface area (TPSA) is 70.9 Å². The van der Waals surface area contributed by atoms with Crippen LogP contribution in [0.2, 0.25) is 0 Å². The van der Waals surface area contributed by atoms with Gasteiger partial charge >= 0.3 is 0 Å². The highest BCUT2D eigenvalue weighted by Crippen LogP contribution is 2.40. The summed E-state index contributed by atoms with van der Waals surface area (Å²) in [5, 5.41) is 9.68. The van der Waals surface area contributed by atoms with Gasteiger partial charge in [-0.05, 0) is 48.6 Å². The molecular formula is C17H15N3O2. The van der Waals surface area contributed by atoms with Gasteiger partial charge in [-0.2, -0.15) is 5.10 Å². The number of anilines is 1. The Labute approximate surface area is 127 Å². The first kappa shape index (κ1) is 12.9. The fraction of sp³-hybridized carbons (Fsp3) is 0.176. The largest absolute Gasteiger partial charge is 0.463 e. The molecular weight excluding hydrogens is 278 g/mol. The lowest BCUT2D eigenvalue weighted by Crippen LogP contribution is -2.12. The highest BCUT2D eigenvalue weighted by molar-refractivity contribution is 6.03. The van der Waals surface area contributed by atoms with E-state index < -0.39 is 0 Å². The van der Waals surface area contributed by atoms with Crippen LogP contribution in [-0.4, -0.2) is 16.1 Å². The van der Waals surface area contributed by atoms with E-state index in [1.807, 2.05) is 18.2 Å². The van der Waals surface area contributed by atoms with Crippen LogP contribution in [0.3, 0.4) is 0 Å². The summed E-state index contributed by atoms with van der Waals surface area (Å²) in [7, 11) is 0. The van der Waals surface area contributed by atoms with Crippen LogP contribution in [-0.2, 0) is 0 Å². The number of hydrogen-bond donors (Lipinski definition) is 2. The summed E-state index contributed by atoms with van der Waals surface area (Å²) in [6, 6.07) is 13.3. The smallest absolute Gasteiger partial charge is 0.276 e. The monoisotopic (exact) mass is 293 g/mol. The van der Waals surface area contributed by atoms with Gasteiger partial charge in [0.2, 0.25) is 0 Å². The van der Waals surface area contributed by atoms with E-state index in [2.05, 4.69) is 27.6 Å². The molecule has 5 nitrogen and oxygen atoms in total. The lowest BCUT2D eigenvalue weighted by Gasteiger charge is -2.04. The van der Waals surface area contributed by atoms with E-state index >= 15 is 0 Å². The van der Waals surface area contributed by atoms with E-state index in [9.17, 15) is 4.79 Å². The van der Waals surface area contributed by atoms with Gasteiger partial charge in [-0.15, -0.1) is 0 Å². The number of aromatic nitrogens is 2. The molecule has 1 aliphatic carbocycles. The number of H-pyrrole nitrogens is 1. The molecule has 0 spiro atoms. The zero-order chi connectivity index (χ0) is 14.9. The van der Waals surface area contributed by atoms with Crippen molar-refractivity contribution in [2.24, 2.45) is 0 Å². The lowest BCUT2D eigenvalue weighted by molar-refractivity contribution is 0.102. The Morgan fingerprint density at radius 1 is 1.23 bits per heavy atom. The van der Waals surface area contributed by atoms with Gasteiger partial charge in [-0.1, -0.05) is 12.1 Å². The van der Waals surface area contributed by atoms with Gasteiger partial charge in [0.15, 0.2) is 11.5 Å². The minimum atomic E-state index is -0.242. The molecule has 0 saturated heterocycles. The molecule has 3 aromatic rings. The maximum atomic E-state index is 12.2. The van der Waals surface area contributed by atoms with E-state index in [0.29, 0.717) is 23.1 Å². The molecule has 5 heteroatoms. The van der Waals surface area contributed by atoms with E-state index in [0.717, 1.165) is 5.69 Å². The molecule has 22 heavy (non-hydrogen) atoms. The Morgan fingerprint density at radius 2 is 2.05 bits per heavy atom. The molecule has 0 radical (unpaired) electrons. The summed E-state index contributed by atoms with van der Waals surface area (Å²) in [5.74, 6) is 1.13. The van der Waals surface area contributed by atoms with Crippen LogP contribution in [0.1, 0.15) is 34.8 Å². The SMILES string of the molecule is O=C(Nc1ccc(C2CC2)cc1)c1cc(-c2ccco2)[nH]n1. The number of hydrogen-bond acceptors (Lipinski definition) is 3. The van der Waals surface area contributed by atoms with Crippen molar-refractivity contribution in [3.05, 3.63) is 60.0 Å². The summed E-state index contributed by atoms with van der Waals surface area (Å²) in [5.41, 5.74) is 3.13. The normalized spacial score (nSPS) is 14.0. The van der Waals surface area contributed by atoms with E-state index in [1.54, 1.807) is 18.4 Å². The van der Waals surface area contributed by atoms with Gasteiger partial charge in [0.05, 0.1) is 6.26 Å². The maximum Gasteiger partial charge on any atom is 0.276 e. The predicted molar refractivity (Wildman–Crippen MR) is 82.7 cm³/mol. The second kappa shape index (κ2) is 5.18. The van der Waals surface area contributed by atoms with Crippen LogP contribution < -0.4 is 5.32 Å². The van der Waals surface area contributed by atoms with Crippen molar-refractivity contribution in [2.45, 2.75) is 18.8 Å². The van der Waals surface area contributed by atoms with Crippen molar-refractivity contribution in [1.29, 1.82) is 0 Å². The molecule has 0 bridgehead atoms. The Balaban J connectivity index is 1.47. The van der Waals surface area contributed by atoms with Crippen molar-refractivity contribution < 1.29 is 9.21 Å². The Kier molecular flexibility index (Phi) is 3.04. The molecule has 1 aromatic carbocycles. The number of nitrogens with one attached hydrogen (secondary N) is 2. The van der Waals surface area contributed by atoms with E-state index in [4.69, 9.17) is 4.42 Å². The first-order chi connectivity index (χ1) is 10.8. The first-order valence-corrected chi connectivity index (χ1v) is 7.30. The molecule has 1 aliphatic rings. The molecule has 0 unspecified atom stereocenters. The second-order valence-electron chi connectivity index (χ2n) is 5.49. The quantitative estimate of drug-likeness (QED) is 0.768. The molecule has 110 valence electrons. The summed E-state index contributed by atoms with van der Waals surface area (Å²) in [6.45, 7) is 0. The van der Waals surface area contributed by atoms with Crippen molar-refractivity contribution in [3.8, 4) is 11.5 Å². The number of nitrogens with zero attached hydrogens (tertiary/aromatic N) is 1. The van der Waals surface area contributed by atoms with Gasteiger partial charge in [0.25, 0.3) is 5.91 Å². The number of carbonyl (C=O) groups is 1. The fourth-order valence-corrected chi connectivity index (χ4v) is 2.45. The molecule has 4 rings (SSSR count). The first-order valence-electron chi connectivity index (χ1n) is 7.30. The third-order valence-electron chi connectivity index (χ3n) is 3.81. The van der Waals surface area contributed by atoms with Gasteiger partial charge in [-0.3, -0.25) is 9.89 Å². The predicted octanol–water partition coefficient (Wildman–Crippen LogP) is 3.80. The molecule has 1 amide bonds. The molecule has 2 N–H and O–H groups in total. The van der Waals surface area contributed by atoms with Crippen LogP contribution in [0.15, 0.2) is 53.1 Å². The number of amides is 1. The molecule has 0 aliphatic heterocycles. The van der Waals surface area contributed by atoms with Crippen LogP contribution >= 0.6 is 0 Å². The maximum absolute atomic E-state index is 12.2. The number of aromatic amines is 1. The molecule has 1 saturated carbocycles. The van der Waals surface area contributed by atoms with Crippen molar-refractivity contribution in [2.75, 3.05) is 5.32 Å². The standard InChI is InChI=1S/C17H15N3O2/c21-17(15-10-14(19-20-15)16-2-1-9-22-16)18-13-7-5-12(6-8-13)11-3-4-11/h1-2,5-11H,3-4H2,(H,18,21)(H,19,20). The average molecular weight is 293 g/mol. The second-order valence-corrected chi connectivity index (χ2v) is 5.49. The fourth-order valence-electron chi connectivity index (χ4n) is 2.45. The number of benzene rings is 1. The van der Waals surface area contributed by atoms with Crippen LogP contribution in [0.4, 0.5) is 5.69 Å². The third kappa shape index (κ3) is 2.53. The van der Waals surface area contributed by atoms with Crippen LogP contribution in [0.5, 0.6) is 0 Å². The van der Waals surface area contributed by atoms with E-state index in [1.165, 1.54) is 18.4 Å². The Hall–Kier alpha value is -2.82. The molecule has 2 heterocycles. The van der Waals surface area contributed by atoms with Crippen LogP contribution in [0, 0.1) is 0 Å². The van der Waals surface area contributed by atoms with Gasteiger partial charge in [0, 0.05) is 11.8 Å². The minimum absolute atomic E-state index is 0.242. The Bertz CT molecular complexity index is 784. The number of carbonyl (C=O) groups excluding carboxylic acids is 1. The van der Waals surface area contributed by atoms with E-state index in [-0.39, 0.29) is 5.91 Å². The van der Waals surface area contributed by atoms with Crippen molar-refractivity contribution >= 4 is 11.6 Å². The zero-order valence-corrected chi connectivity index (χ0v) is 11.9. The lowest BCUT2D eigenvalue weighted by atomic mass is 10.1. The minimum Gasteiger partial charge on any atom is -0.463 e. The average Bonchev–Trinajstić information content (AvgIpc) is 3.04. The van der Waals surface area contributed by atoms with Crippen LogP contribution in [0.25, 0.3) is 11.5 Å². The highest BCUT2D eigenvalue weighted by atomic mass is 16.3. The molecule has 0 atom stereocenters. The van der Waals surface area contributed by atoms with Crippen molar-refractivity contribution in [3.63, 3.8) is 0 Å². The summed E-state index contributed by atoms with van der Waals surface area (Å²) in [6.07, 6.45) is 4.13. The summed E-state index contributed by atoms with van der Waals surface area (Å²) in [4.78, 5) is 12.2. The molecule has 2 aromatic heterocycles. The summed E-state index contributed by atoms with van der Waals surface area (Å²) >= 11 is 0. The van der Waals surface area contributed by atoms with Gasteiger partial charge in [0.1, 0.15) is 5.69 Å². The molecule has 1 fully saturated rings.